The molecule has 36 heavy (non-hydrogen) atoms. The van der Waals surface area contributed by atoms with Gasteiger partial charge in [-0.3, -0.25) is 9.59 Å². The number of esters is 1. The number of rotatable bonds is 6. The molecule has 1 fully saturated rings. The van der Waals surface area contributed by atoms with Gasteiger partial charge in [0.15, 0.2) is 23.4 Å². The molecule has 0 amide bonds. The molecule has 12 nitrogen and oxygen atoms in total. The quantitative estimate of drug-likeness (QED) is 0.252. The number of aliphatic hydroxyl groups excluding tert-OH is 3. The fourth-order valence-corrected chi connectivity index (χ4v) is 4.05. The molecule has 5 atom stereocenters. The first-order chi connectivity index (χ1) is 17.1. The number of hydrogen-bond donors (Lipinski definition) is 5. The maximum atomic E-state index is 12.6. The SMILES string of the molecule is COc1cc(O)c2c(=O)cc(C3(O)C=CC(O[C@@H]4O[C@H](CO)[C@@H](O)[C@H](O)[C@H]4OC(C)=O)C=C3)oc2c1. The van der Waals surface area contributed by atoms with E-state index in [1.165, 1.54) is 43.5 Å². The number of carbonyl (C=O) groups is 1. The Bertz CT molecular complexity index is 1230. The largest absolute Gasteiger partial charge is 0.507 e. The number of fused-ring (bicyclic) bond motifs is 1. The van der Waals surface area contributed by atoms with Gasteiger partial charge in [0.25, 0.3) is 0 Å². The van der Waals surface area contributed by atoms with Crippen LogP contribution in [0.1, 0.15) is 12.7 Å². The molecule has 2 heterocycles. The average molecular weight is 506 g/mol. The molecule has 2 aromatic rings. The molecule has 0 bridgehead atoms. The molecule has 0 spiro atoms. The van der Waals surface area contributed by atoms with E-state index in [-0.39, 0.29) is 28.2 Å². The zero-order valence-corrected chi connectivity index (χ0v) is 19.3. The summed E-state index contributed by atoms with van der Waals surface area (Å²) in [5.41, 5.74) is -2.43. The summed E-state index contributed by atoms with van der Waals surface area (Å²) in [4.78, 5) is 24.1. The molecule has 1 saturated heterocycles. The van der Waals surface area contributed by atoms with Crippen LogP contribution in [0.4, 0.5) is 0 Å². The predicted molar refractivity (Wildman–Crippen MR) is 121 cm³/mol. The fourth-order valence-electron chi connectivity index (χ4n) is 4.05. The molecule has 4 rings (SSSR count). The summed E-state index contributed by atoms with van der Waals surface area (Å²) in [6.45, 7) is 0.490. The Morgan fingerprint density at radius 1 is 1.14 bits per heavy atom. The van der Waals surface area contributed by atoms with Gasteiger partial charge in [0.1, 0.15) is 46.5 Å². The number of phenols is 1. The van der Waals surface area contributed by atoms with E-state index >= 15 is 0 Å². The van der Waals surface area contributed by atoms with Gasteiger partial charge in [0, 0.05) is 25.1 Å². The van der Waals surface area contributed by atoms with Crippen molar-refractivity contribution < 1.29 is 53.7 Å². The van der Waals surface area contributed by atoms with Crippen molar-refractivity contribution in [3.05, 3.63) is 58.5 Å². The molecule has 5 N–H and O–H groups in total. The summed E-state index contributed by atoms with van der Waals surface area (Å²) in [6.07, 6.45) is -2.49. The van der Waals surface area contributed by atoms with Crippen LogP contribution in [0.15, 0.2) is 51.7 Å². The van der Waals surface area contributed by atoms with Gasteiger partial charge < -0.3 is 48.9 Å². The van der Waals surface area contributed by atoms with Gasteiger partial charge in [0.05, 0.1) is 19.8 Å². The molecule has 0 unspecified atom stereocenters. The average Bonchev–Trinajstić information content (AvgIpc) is 2.84. The summed E-state index contributed by atoms with van der Waals surface area (Å²) in [5, 5.41) is 51.0. The highest BCUT2D eigenvalue weighted by atomic mass is 16.7. The summed E-state index contributed by atoms with van der Waals surface area (Å²) in [7, 11) is 1.38. The van der Waals surface area contributed by atoms with E-state index in [1.54, 1.807) is 0 Å². The molecular formula is C24H26O12. The van der Waals surface area contributed by atoms with Crippen molar-refractivity contribution in [3.8, 4) is 11.5 Å². The van der Waals surface area contributed by atoms with Crippen LogP contribution < -0.4 is 10.2 Å². The topological polar surface area (TPSA) is 185 Å². The van der Waals surface area contributed by atoms with E-state index in [4.69, 9.17) is 23.4 Å². The minimum absolute atomic E-state index is 0.00497. The van der Waals surface area contributed by atoms with E-state index < -0.39 is 60.4 Å². The summed E-state index contributed by atoms with van der Waals surface area (Å²) in [5.74, 6) is -0.963. The van der Waals surface area contributed by atoms with Crippen molar-refractivity contribution in [1.29, 1.82) is 0 Å². The van der Waals surface area contributed by atoms with Crippen LogP contribution in [-0.2, 0) is 24.6 Å². The highest BCUT2D eigenvalue weighted by molar-refractivity contribution is 5.84. The second kappa shape index (κ2) is 10.0. The second-order valence-corrected chi connectivity index (χ2v) is 8.42. The smallest absolute Gasteiger partial charge is 0.303 e. The number of ether oxygens (including phenoxy) is 4. The number of aromatic hydroxyl groups is 1. The number of aliphatic hydroxyl groups is 4. The minimum atomic E-state index is -1.85. The van der Waals surface area contributed by atoms with Crippen LogP contribution in [0.25, 0.3) is 11.0 Å². The van der Waals surface area contributed by atoms with E-state index in [9.17, 15) is 35.1 Å². The Balaban J connectivity index is 1.57. The first-order valence-electron chi connectivity index (χ1n) is 11.0. The lowest BCUT2D eigenvalue weighted by molar-refractivity contribution is -0.307. The van der Waals surface area contributed by atoms with Crippen molar-refractivity contribution in [1.82, 2.24) is 0 Å². The van der Waals surface area contributed by atoms with Gasteiger partial charge in [-0.05, 0) is 12.2 Å². The van der Waals surface area contributed by atoms with E-state index in [0.717, 1.165) is 13.0 Å². The van der Waals surface area contributed by atoms with Crippen LogP contribution in [0.5, 0.6) is 11.5 Å². The van der Waals surface area contributed by atoms with Crippen LogP contribution in [0, 0.1) is 0 Å². The molecule has 1 aliphatic heterocycles. The Hall–Kier alpha value is -3.26. The van der Waals surface area contributed by atoms with Gasteiger partial charge in [-0.25, -0.2) is 0 Å². The van der Waals surface area contributed by atoms with Crippen LogP contribution in [0.3, 0.4) is 0 Å². The monoisotopic (exact) mass is 506 g/mol. The third-order valence-corrected chi connectivity index (χ3v) is 5.91. The number of carbonyl (C=O) groups excluding carboxylic acids is 1. The van der Waals surface area contributed by atoms with E-state index in [2.05, 4.69) is 0 Å². The highest BCUT2D eigenvalue weighted by Crippen LogP contribution is 2.34. The van der Waals surface area contributed by atoms with E-state index in [0.29, 0.717) is 0 Å². The van der Waals surface area contributed by atoms with Crippen LogP contribution >= 0.6 is 0 Å². The maximum Gasteiger partial charge on any atom is 0.303 e. The zero-order chi connectivity index (χ0) is 26.2. The fraction of sp³-hybridized carbons (Fsp3) is 0.417. The number of hydrogen-bond acceptors (Lipinski definition) is 12. The molecule has 1 aromatic carbocycles. The molecule has 2 aliphatic rings. The van der Waals surface area contributed by atoms with Gasteiger partial charge >= 0.3 is 5.97 Å². The van der Waals surface area contributed by atoms with Gasteiger partial charge in [0.2, 0.25) is 0 Å². The standard InChI is InChI=1S/C24H26O12/c1-11(26)33-22-21(30)20(29)17(10-25)36-23(22)34-12-3-5-24(31,6-4-12)18-9-15(28)19-14(27)7-13(32-2)8-16(19)35-18/h3-9,12,17,20-23,25,27,29-31H,10H2,1-2H3/t12?,17-,20-,21+,22-,23-,24?/m1/s1. The maximum absolute atomic E-state index is 12.6. The van der Waals surface area contributed by atoms with E-state index in [1.807, 2.05) is 0 Å². The molecule has 0 radical (unpaired) electrons. The van der Waals surface area contributed by atoms with Crippen molar-refractivity contribution in [3.63, 3.8) is 0 Å². The molecule has 194 valence electrons. The van der Waals surface area contributed by atoms with Crippen molar-refractivity contribution in [2.45, 2.75) is 49.3 Å². The Kier molecular flexibility index (Phi) is 7.18. The van der Waals surface area contributed by atoms with Crippen molar-refractivity contribution in [2.24, 2.45) is 0 Å². The number of phenolic OH excluding ortho intramolecular Hbond substituents is 1. The summed E-state index contributed by atoms with van der Waals surface area (Å²) < 4.78 is 27.1. The van der Waals surface area contributed by atoms with Gasteiger partial charge in [-0.15, -0.1) is 0 Å². The van der Waals surface area contributed by atoms with Gasteiger partial charge in [-0.1, -0.05) is 12.2 Å². The molecule has 0 saturated carbocycles. The van der Waals surface area contributed by atoms with Crippen molar-refractivity contribution in [2.75, 3.05) is 13.7 Å². The molecule has 12 heteroatoms. The van der Waals surface area contributed by atoms with Crippen LogP contribution in [-0.4, -0.2) is 82.0 Å². The first kappa shape index (κ1) is 25.8. The Morgan fingerprint density at radius 3 is 2.44 bits per heavy atom. The third kappa shape index (κ3) is 4.87. The number of methoxy groups -OCH3 is 1. The summed E-state index contributed by atoms with van der Waals surface area (Å²) in [6, 6.07) is 3.72. The molecule has 1 aromatic heterocycles. The van der Waals surface area contributed by atoms with Crippen LogP contribution in [0.2, 0.25) is 0 Å². The Labute approximate surface area is 204 Å². The lowest BCUT2D eigenvalue weighted by Gasteiger charge is -2.42. The van der Waals surface area contributed by atoms with Crippen molar-refractivity contribution >= 4 is 16.9 Å². The number of benzene rings is 1. The lowest BCUT2D eigenvalue weighted by atomic mass is 9.93. The van der Waals surface area contributed by atoms with Gasteiger partial charge in [-0.2, -0.15) is 0 Å². The Morgan fingerprint density at radius 2 is 1.83 bits per heavy atom. The minimum Gasteiger partial charge on any atom is -0.507 e. The molecule has 1 aliphatic carbocycles. The zero-order valence-electron chi connectivity index (χ0n) is 19.3. The lowest BCUT2D eigenvalue weighted by Crippen LogP contribution is -2.60. The second-order valence-electron chi connectivity index (χ2n) is 8.42. The molecular weight excluding hydrogens is 480 g/mol. The first-order valence-corrected chi connectivity index (χ1v) is 11.0. The summed E-state index contributed by atoms with van der Waals surface area (Å²) >= 11 is 0. The predicted octanol–water partition coefficient (Wildman–Crippen LogP) is -0.423. The third-order valence-electron chi connectivity index (χ3n) is 5.91. The normalized spacial score (nSPS) is 31.9. The highest BCUT2D eigenvalue weighted by Gasteiger charge is 2.47.